The number of hydrogen-bond donors (Lipinski definition) is 2. The van der Waals surface area contributed by atoms with Gasteiger partial charge in [-0.2, -0.15) is 0 Å². The maximum absolute atomic E-state index is 12.4. The topological polar surface area (TPSA) is 113 Å². The van der Waals surface area contributed by atoms with Crippen LogP contribution in [0.15, 0.2) is 18.2 Å². The summed E-state index contributed by atoms with van der Waals surface area (Å²) in [6.45, 7) is 3.47. The Labute approximate surface area is 143 Å². The number of benzene rings is 1. The second-order valence-corrected chi connectivity index (χ2v) is 6.31. The van der Waals surface area contributed by atoms with Gasteiger partial charge in [-0.25, -0.2) is 0 Å². The summed E-state index contributed by atoms with van der Waals surface area (Å²) in [5.41, 5.74) is 0.612. The predicted octanol–water partition coefficient (Wildman–Crippen LogP) is 0.226. The fourth-order valence-electron chi connectivity index (χ4n) is 2.94. The SMILES string of the molecule is CC(C)N1C(=O)c2ccc(C(=O)NC3CCC(=O)NC3=O)cc2C1=O. The van der Waals surface area contributed by atoms with E-state index >= 15 is 0 Å². The first-order chi connectivity index (χ1) is 11.8. The molecule has 2 aliphatic heterocycles. The van der Waals surface area contributed by atoms with E-state index in [1.165, 1.54) is 18.2 Å². The van der Waals surface area contributed by atoms with E-state index in [4.69, 9.17) is 0 Å². The minimum atomic E-state index is -0.803. The second kappa shape index (κ2) is 6.12. The quantitative estimate of drug-likeness (QED) is 0.763. The van der Waals surface area contributed by atoms with E-state index in [1.807, 2.05) is 0 Å². The number of amides is 5. The van der Waals surface area contributed by atoms with Gasteiger partial charge in [0.2, 0.25) is 11.8 Å². The zero-order chi connectivity index (χ0) is 18.3. The number of nitrogens with one attached hydrogen (secondary N) is 2. The molecule has 8 nitrogen and oxygen atoms in total. The Kier molecular flexibility index (Phi) is 4.12. The third kappa shape index (κ3) is 2.90. The third-order valence-corrected chi connectivity index (χ3v) is 4.24. The molecule has 1 atom stereocenters. The van der Waals surface area contributed by atoms with Crippen LogP contribution in [0.3, 0.4) is 0 Å². The van der Waals surface area contributed by atoms with Crippen LogP contribution in [-0.2, 0) is 9.59 Å². The Morgan fingerprint density at radius 3 is 2.48 bits per heavy atom. The Morgan fingerprint density at radius 1 is 1.16 bits per heavy atom. The molecule has 2 aliphatic rings. The fourth-order valence-corrected chi connectivity index (χ4v) is 2.94. The van der Waals surface area contributed by atoms with Crippen LogP contribution in [0.1, 0.15) is 57.8 Å². The largest absolute Gasteiger partial charge is 0.340 e. The average molecular weight is 343 g/mol. The average Bonchev–Trinajstić information content (AvgIpc) is 2.81. The van der Waals surface area contributed by atoms with E-state index < -0.39 is 23.8 Å². The van der Waals surface area contributed by atoms with Crippen molar-refractivity contribution in [3.63, 3.8) is 0 Å². The molecule has 0 radical (unpaired) electrons. The van der Waals surface area contributed by atoms with Crippen LogP contribution in [0.25, 0.3) is 0 Å². The molecule has 1 aromatic carbocycles. The van der Waals surface area contributed by atoms with E-state index in [1.54, 1.807) is 13.8 Å². The summed E-state index contributed by atoms with van der Waals surface area (Å²) in [6, 6.07) is 3.15. The van der Waals surface area contributed by atoms with Crippen LogP contribution in [0.4, 0.5) is 0 Å². The van der Waals surface area contributed by atoms with Crippen LogP contribution in [0.2, 0.25) is 0 Å². The summed E-state index contributed by atoms with van der Waals surface area (Å²) < 4.78 is 0. The summed E-state index contributed by atoms with van der Waals surface area (Å²) in [5, 5.41) is 4.70. The summed E-state index contributed by atoms with van der Waals surface area (Å²) in [7, 11) is 0. The van der Waals surface area contributed by atoms with Gasteiger partial charge in [-0.15, -0.1) is 0 Å². The molecule has 0 saturated carbocycles. The number of piperidine rings is 1. The van der Waals surface area contributed by atoms with Gasteiger partial charge in [-0.05, 0) is 38.5 Å². The van der Waals surface area contributed by atoms with Crippen molar-refractivity contribution in [2.75, 3.05) is 0 Å². The van der Waals surface area contributed by atoms with Gasteiger partial charge in [0.25, 0.3) is 17.7 Å². The maximum Gasteiger partial charge on any atom is 0.261 e. The van der Waals surface area contributed by atoms with E-state index in [0.717, 1.165) is 4.90 Å². The minimum Gasteiger partial charge on any atom is -0.340 e. The first-order valence-electron chi connectivity index (χ1n) is 7.96. The van der Waals surface area contributed by atoms with Crippen molar-refractivity contribution in [3.8, 4) is 0 Å². The van der Waals surface area contributed by atoms with Gasteiger partial charge in [0.05, 0.1) is 11.1 Å². The predicted molar refractivity (Wildman–Crippen MR) is 85.7 cm³/mol. The van der Waals surface area contributed by atoms with Crippen LogP contribution < -0.4 is 10.6 Å². The molecular weight excluding hydrogens is 326 g/mol. The number of carbonyl (C=O) groups excluding carboxylic acids is 5. The third-order valence-electron chi connectivity index (χ3n) is 4.24. The first-order valence-corrected chi connectivity index (χ1v) is 7.96. The molecule has 130 valence electrons. The molecule has 0 spiro atoms. The number of rotatable bonds is 3. The number of imide groups is 2. The molecule has 1 unspecified atom stereocenters. The van der Waals surface area contributed by atoms with Crippen molar-refractivity contribution in [3.05, 3.63) is 34.9 Å². The molecule has 2 heterocycles. The highest BCUT2D eigenvalue weighted by Crippen LogP contribution is 2.25. The smallest absolute Gasteiger partial charge is 0.261 e. The normalized spacial score (nSPS) is 20.0. The zero-order valence-corrected chi connectivity index (χ0v) is 13.8. The number of fused-ring (bicyclic) bond motifs is 1. The van der Waals surface area contributed by atoms with E-state index in [2.05, 4.69) is 10.6 Å². The van der Waals surface area contributed by atoms with Gasteiger partial charge in [-0.3, -0.25) is 34.2 Å². The van der Waals surface area contributed by atoms with Crippen molar-refractivity contribution in [1.82, 2.24) is 15.5 Å². The summed E-state index contributed by atoms with van der Waals surface area (Å²) >= 11 is 0. The maximum atomic E-state index is 12.4. The highest BCUT2D eigenvalue weighted by molar-refractivity contribution is 6.22. The van der Waals surface area contributed by atoms with Gasteiger partial charge in [-0.1, -0.05) is 0 Å². The zero-order valence-electron chi connectivity index (χ0n) is 13.8. The molecule has 0 bridgehead atoms. The molecule has 25 heavy (non-hydrogen) atoms. The lowest BCUT2D eigenvalue weighted by Crippen LogP contribution is -2.52. The Morgan fingerprint density at radius 2 is 1.84 bits per heavy atom. The highest BCUT2D eigenvalue weighted by Gasteiger charge is 2.37. The lowest BCUT2D eigenvalue weighted by atomic mass is 10.0. The standard InChI is InChI=1S/C17H17N3O5/c1-8(2)20-16(24)10-4-3-9(7-11(10)17(20)25)14(22)18-12-5-6-13(21)19-15(12)23/h3-4,7-8,12H,5-6H2,1-2H3,(H,18,22)(H,19,21,23). The molecule has 5 amide bonds. The van der Waals surface area contributed by atoms with E-state index in [9.17, 15) is 24.0 Å². The van der Waals surface area contributed by atoms with Gasteiger partial charge in [0.1, 0.15) is 6.04 Å². The van der Waals surface area contributed by atoms with Gasteiger partial charge in [0.15, 0.2) is 0 Å². The molecule has 1 aromatic rings. The summed E-state index contributed by atoms with van der Waals surface area (Å²) in [5.74, 6) is -2.28. The number of nitrogens with zero attached hydrogens (tertiary/aromatic N) is 1. The molecule has 3 rings (SSSR count). The van der Waals surface area contributed by atoms with Crippen LogP contribution >= 0.6 is 0 Å². The van der Waals surface area contributed by atoms with Crippen molar-refractivity contribution >= 4 is 29.5 Å². The monoisotopic (exact) mass is 343 g/mol. The Hall–Kier alpha value is -3.03. The highest BCUT2D eigenvalue weighted by atomic mass is 16.2. The second-order valence-electron chi connectivity index (χ2n) is 6.31. The molecule has 8 heteroatoms. The van der Waals surface area contributed by atoms with Crippen LogP contribution in [0.5, 0.6) is 0 Å². The summed E-state index contributed by atoms with van der Waals surface area (Å²) in [6.07, 6.45) is 0.372. The molecule has 1 fully saturated rings. The van der Waals surface area contributed by atoms with Gasteiger partial charge >= 0.3 is 0 Å². The van der Waals surface area contributed by atoms with Crippen molar-refractivity contribution in [2.24, 2.45) is 0 Å². The molecule has 0 aliphatic carbocycles. The summed E-state index contributed by atoms with van der Waals surface area (Å²) in [4.78, 5) is 61.0. The molecule has 1 saturated heterocycles. The van der Waals surface area contributed by atoms with Gasteiger partial charge in [0, 0.05) is 18.0 Å². The first kappa shape index (κ1) is 16.8. The van der Waals surface area contributed by atoms with Crippen molar-refractivity contribution in [1.29, 1.82) is 0 Å². The van der Waals surface area contributed by atoms with Crippen molar-refractivity contribution in [2.45, 2.75) is 38.8 Å². The van der Waals surface area contributed by atoms with Crippen LogP contribution in [0, 0.1) is 0 Å². The lowest BCUT2D eigenvalue weighted by molar-refractivity contribution is -0.134. The fraction of sp³-hybridized carbons (Fsp3) is 0.353. The van der Waals surface area contributed by atoms with E-state index in [0.29, 0.717) is 0 Å². The Bertz CT molecular complexity index is 815. The Balaban J connectivity index is 1.80. The lowest BCUT2D eigenvalue weighted by Gasteiger charge is -2.21. The molecule has 2 N–H and O–H groups in total. The van der Waals surface area contributed by atoms with Gasteiger partial charge < -0.3 is 5.32 Å². The van der Waals surface area contributed by atoms with Crippen molar-refractivity contribution < 1.29 is 24.0 Å². The molecular formula is C17H17N3O5. The van der Waals surface area contributed by atoms with E-state index in [-0.39, 0.29) is 47.4 Å². The number of hydrogen-bond acceptors (Lipinski definition) is 5. The minimum absolute atomic E-state index is 0.150. The molecule has 0 aromatic heterocycles. The number of carbonyl (C=O) groups is 5. The van der Waals surface area contributed by atoms with Crippen LogP contribution in [-0.4, -0.2) is 46.5 Å².